The molecule has 4 atom stereocenters. The van der Waals surface area contributed by atoms with Crippen molar-refractivity contribution < 1.29 is 23.5 Å². The van der Waals surface area contributed by atoms with Crippen LogP contribution in [0.4, 0.5) is 15.8 Å². The van der Waals surface area contributed by atoms with E-state index in [1.165, 1.54) is 31.4 Å². The number of hydrogen-bond acceptors (Lipinski definition) is 5. The third kappa shape index (κ3) is 4.99. The van der Waals surface area contributed by atoms with Gasteiger partial charge in [0.25, 0.3) is 5.91 Å². The van der Waals surface area contributed by atoms with Crippen molar-refractivity contribution >= 4 is 52.3 Å². The molecule has 3 amide bonds. The Bertz CT molecular complexity index is 1610. The molecular formula is C31H31Cl2FN4O4. The minimum absolute atomic E-state index is 0.123. The highest BCUT2D eigenvalue weighted by Gasteiger charge is 2.66. The van der Waals surface area contributed by atoms with E-state index < -0.39 is 41.0 Å². The lowest BCUT2D eigenvalue weighted by Gasteiger charge is -2.37. The lowest BCUT2D eigenvalue weighted by atomic mass is 9.62. The van der Waals surface area contributed by atoms with Gasteiger partial charge in [0, 0.05) is 34.4 Å². The van der Waals surface area contributed by atoms with Gasteiger partial charge >= 0.3 is 0 Å². The second-order valence-electron chi connectivity index (χ2n) is 11.9. The first kappa shape index (κ1) is 29.8. The van der Waals surface area contributed by atoms with Crippen molar-refractivity contribution in [2.24, 2.45) is 11.1 Å². The first-order valence-corrected chi connectivity index (χ1v) is 14.1. The Morgan fingerprint density at radius 3 is 2.52 bits per heavy atom. The molecule has 2 aliphatic heterocycles. The third-order valence-corrected chi connectivity index (χ3v) is 8.48. The molecule has 2 heterocycles. The SMILES string of the molecule is COc1cc(NC(=O)[C@@H]2NC(CC(C)(C)C)[C@@]3(C(=O)Nc4cc(Cl)ccc43)[C@H]2c2cccc(Cl)c2F)ccc1C(N)=O. The largest absolute Gasteiger partial charge is 0.496 e. The highest BCUT2D eigenvalue weighted by molar-refractivity contribution is 6.31. The van der Waals surface area contributed by atoms with Crippen LogP contribution in [-0.4, -0.2) is 36.9 Å². The van der Waals surface area contributed by atoms with Gasteiger partial charge in [-0.1, -0.05) is 62.2 Å². The average molecular weight is 614 g/mol. The van der Waals surface area contributed by atoms with Gasteiger partial charge in [0.2, 0.25) is 11.8 Å². The molecule has 2 aliphatic rings. The third-order valence-electron chi connectivity index (χ3n) is 7.96. The summed E-state index contributed by atoms with van der Waals surface area (Å²) in [4.78, 5) is 40.1. The van der Waals surface area contributed by atoms with Crippen LogP contribution in [0.3, 0.4) is 0 Å². The first-order valence-electron chi connectivity index (χ1n) is 13.4. The van der Waals surface area contributed by atoms with Gasteiger partial charge in [0.05, 0.1) is 23.7 Å². The summed E-state index contributed by atoms with van der Waals surface area (Å²) >= 11 is 12.5. The molecule has 3 aromatic carbocycles. The molecule has 5 rings (SSSR count). The minimum Gasteiger partial charge on any atom is -0.496 e. The van der Waals surface area contributed by atoms with Gasteiger partial charge in [-0.3, -0.25) is 14.4 Å². The maximum Gasteiger partial charge on any atom is 0.252 e. The van der Waals surface area contributed by atoms with Crippen LogP contribution in [0.2, 0.25) is 10.0 Å². The van der Waals surface area contributed by atoms with Gasteiger partial charge in [-0.15, -0.1) is 0 Å². The summed E-state index contributed by atoms with van der Waals surface area (Å²) in [5.41, 5.74) is 5.50. The number of nitrogens with two attached hydrogens (primary N) is 1. The van der Waals surface area contributed by atoms with E-state index in [0.29, 0.717) is 28.4 Å². The molecule has 0 aliphatic carbocycles. The number of anilines is 2. The van der Waals surface area contributed by atoms with Crippen molar-refractivity contribution in [2.75, 3.05) is 17.7 Å². The van der Waals surface area contributed by atoms with Crippen LogP contribution in [0.25, 0.3) is 0 Å². The van der Waals surface area contributed by atoms with Crippen molar-refractivity contribution in [3.8, 4) is 5.75 Å². The monoisotopic (exact) mass is 612 g/mol. The van der Waals surface area contributed by atoms with Gasteiger partial charge in [0.15, 0.2) is 0 Å². The highest BCUT2D eigenvalue weighted by Crippen LogP contribution is 2.57. The Morgan fingerprint density at radius 1 is 1.12 bits per heavy atom. The van der Waals surface area contributed by atoms with E-state index in [1.54, 1.807) is 30.3 Å². The van der Waals surface area contributed by atoms with E-state index in [9.17, 15) is 14.4 Å². The van der Waals surface area contributed by atoms with Crippen LogP contribution in [0, 0.1) is 11.2 Å². The van der Waals surface area contributed by atoms with Crippen LogP contribution in [0.1, 0.15) is 54.6 Å². The van der Waals surface area contributed by atoms with Crippen LogP contribution in [0.5, 0.6) is 5.75 Å². The quantitative estimate of drug-likeness (QED) is 0.287. The Labute approximate surface area is 253 Å². The topological polar surface area (TPSA) is 123 Å². The number of ether oxygens (including phenoxy) is 1. The zero-order valence-corrected chi connectivity index (χ0v) is 25.0. The second-order valence-corrected chi connectivity index (χ2v) is 12.7. The number of rotatable bonds is 6. The molecule has 1 saturated heterocycles. The lowest BCUT2D eigenvalue weighted by Crippen LogP contribution is -2.49. The van der Waals surface area contributed by atoms with Gasteiger partial charge in [-0.05, 0) is 53.3 Å². The summed E-state index contributed by atoms with van der Waals surface area (Å²) in [6.07, 6.45) is 0.478. The molecule has 0 saturated carbocycles. The number of primary amides is 1. The maximum absolute atomic E-state index is 15.9. The Kier molecular flexibility index (Phi) is 7.72. The molecule has 1 unspecified atom stereocenters. The number of benzene rings is 3. The number of amides is 3. The average Bonchev–Trinajstić information content (AvgIpc) is 3.38. The summed E-state index contributed by atoms with van der Waals surface area (Å²) in [5, 5.41) is 9.53. The highest BCUT2D eigenvalue weighted by atomic mass is 35.5. The predicted molar refractivity (Wildman–Crippen MR) is 161 cm³/mol. The Balaban J connectivity index is 1.69. The zero-order valence-electron chi connectivity index (χ0n) is 23.5. The fourth-order valence-corrected chi connectivity index (χ4v) is 6.70. The van der Waals surface area contributed by atoms with Crippen LogP contribution < -0.4 is 26.4 Å². The molecule has 0 radical (unpaired) electrons. The first-order chi connectivity index (χ1) is 19.8. The fourth-order valence-electron chi connectivity index (χ4n) is 6.34. The van der Waals surface area contributed by atoms with E-state index >= 15 is 4.39 Å². The molecule has 5 N–H and O–H groups in total. The Morgan fingerprint density at radius 2 is 1.86 bits per heavy atom. The van der Waals surface area contributed by atoms with Crippen molar-refractivity contribution in [1.82, 2.24) is 5.32 Å². The van der Waals surface area contributed by atoms with E-state index in [0.717, 1.165) is 0 Å². The van der Waals surface area contributed by atoms with E-state index in [1.807, 2.05) is 20.8 Å². The molecule has 0 bridgehead atoms. The van der Waals surface area contributed by atoms with E-state index in [4.69, 9.17) is 33.7 Å². The molecule has 8 nitrogen and oxygen atoms in total. The summed E-state index contributed by atoms with van der Waals surface area (Å²) in [5.74, 6) is -3.09. The van der Waals surface area contributed by atoms with Gasteiger partial charge < -0.3 is 26.4 Å². The predicted octanol–water partition coefficient (Wildman–Crippen LogP) is 5.63. The molecule has 42 heavy (non-hydrogen) atoms. The standard InChI is InChI=1S/C31H31Cl2FN4O4/c1-30(2,3)14-23-31(19-11-8-15(32)12-21(19)37-29(31)41)24(18-6-5-7-20(33)25(18)34)26(38-23)28(40)36-16-9-10-17(27(35)39)22(13-16)42-4/h5-13,23-24,26,38H,14H2,1-4H3,(H2,35,39)(H,36,40)(H,37,41)/t23?,24-,26+,31+/m0/s1. The molecule has 1 spiro atoms. The zero-order chi connectivity index (χ0) is 30.6. The molecule has 0 aromatic heterocycles. The number of methoxy groups -OCH3 is 1. The lowest BCUT2D eigenvalue weighted by molar-refractivity contribution is -0.122. The van der Waals surface area contributed by atoms with Gasteiger partial charge in [-0.2, -0.15) is 0 Å². The van der Waals surface area contributed by atoms with Crippen LogP contribution in [0.15, 0.2) is 54.6 Å². The van der Waals surface area contributed by atoms with Crippen LogP contribution in [-0.2, 0) is 15.0 Å². The number of halogens is 3. The minimum atomic E-state index is -1.38. The maximum atomic E-state index is 15.9. The van der Waals surface area contributed by atoms with Gasteiger partial charge in [0.1, 0.15) is 17.0 Å². The summed E-state index contributed by atoms with van der Waals surface area (Å²) in [7, 11) is 1.38. The smallest absolute Gasteiger partial charge is 0.252 e. The molecule has 3 aromatic rings. The number of carbonyl (C=O) groups excluding carboxylic acids is 3. The number of hydrogen-bond donors (Lipinski definition) is 4. The number of fused-ring (bicyclic) bond motifs is 2. The molecular weight excluding hydrogens is 582 g/mol. The Hall–Kier alpha value is -3.66. The van der Waals surface area contributed by atoms with Crippen molar-refractivity contribution in [3.05, 3.63) is 87.2 Å². The molecule has 220 valence electrons. The fraction of sp³-hybridized carbons (Fsp3) is 0.323. The second kappa shape index (κ2) is 10.9. The summed E-state index contributed by atoms with van der Waals surface area (Å²) < 4.78 is 21.2. The number of nitrogens with one attached hydrogen (secondary N) is 3. The number of carbonyl (C=O) groups is 3. The van der Waals surface area contributed by atoms with E-state index in [-0.39, 0.29) is 33.2 Å². The van der Waals surface area contributed by atoms with Gasteiger partial charge in [-0.25, -0.2) is 4.39 Å². The van der Waals surface area contributed by atoms with Crippen LogP contribution >= 0.6 is 23.2 Å². The normalized spacial score (nSPS) is 23.0. The van der Waals surface area contributed by atoms with E-state index in [2.05, 4.69) is 16.0 Å². The molecule has 11 heteroatoms. The summed E-state index contributed by atoms with van der Waals surface area (Å²) in [6, 6.07) is 12.5. The van der Waals surface area contributed by atoms with Crippen molar-refractivity contribution in [2.45, 2.75) is 50.6 Å². The molecule has 1 fully saturated rings. The summed E-state index contributed by atoms with van der Waals surface area (Å²) in [6.45, 7) is 6.10. The van der Waals surface area contributed by atoms with Crippen molar-refractivity contribution in [3.63, 3.8) is 0 Å². The van der Waals surface area contributed by atoms with Crippen molar-refractivity contribution in [1.29, 1.82) is 0 Å².